The maximum absolute atomic E-state index is 11.1. The molecule has 0 saturated heterocycles. The zero-order valence-electron chi connectivity index (χ0n) is 13.3. The molecule has 0 aliphatic rings. The summed E-state index contributed by atoms with van der Waals surface area (Å²) in [4.78, 5) is 0. The van der Waals surface area contributed by atoms with Crippen LogP contribution in [0.3, 0.4) is 0 Å². The summed E-state index contributed by atoms with van der Waals surface area (Å²) in [6, 6.07) is 10.2. The average molecular weight is 338 g/mol. The predicted molar refractivity (Wildman–Crippen MR) is 87.0 cm³/mol. The molecule has 0 saturated carbocycles. The van der Waals surface area contributed by atoms with Crippen LogP contribution in [0.25, 0.3) is 11.1 Å². The molecule has 0 aromatic heterocycles. The fourth-order valence-corrected chi connectivity index (χ4v) is 2.65. The maximum atomic E-state index is 11.1. The van der Waals surface area contributed by atoms with Crippen molar-refractivity contribution in [2.75, 3.05) is 27.6 Å². The van der Waals surface area contributed by atoms with Gasteiger partial charge in [0.15, 0.2) is 11.5 Å². The molecule has 0 aliphatic carbocycles. The first-order valence-electron chi connectivity index (χ1n) is 6.68. The van der Waals surface area contributed by atoms with E-state index < -0.39 is 10.1 Å². The Kier molecular flexibility index (Phi) is 5.00. The molecular formula is C16H18O6S. The van der Waals surface area contributed by atoms with E-state index in [9.17, 15) is 8.42 Å². The van der Waals surface area contributed by atoms with Crippen LogP contribution < -0.4 is 18.4 Å². The van der Waals surface area contributed by atoms with Crippen LogP contribution in [0, 0.1) is 0 Å². The number of ether oxygens (including phenoxy) is 3. The van der Waals surface area contributed by atoms with E-state index in [1.54, 1.807) is 44.6 Å². The highest BCUT2D eigenvalue weighted by Crippen LogP contribution is 2.44. The van der Waals surface area contributed by atoms with Gasteiger partial charge in [0.05, 0.1) is 27.6 Å². The first-order chi connectivity index (χ1) is 10.9. The van der Waals surface area contributed by atoms with Crippen LogP contribution in [-0.4, -0.2) is 36.0 Å². The van der Waals surface area contributed by atoms with Crippen molar-refractivity contribution in [2.45, 2.75) is 0 Å². The van der Waals surface area contributed by atoms with Crippen LogP contribution in [0.5, 0.6) is 23.0 Å². The third-order valence-electron chi connectivity index (χ3n) is 3.12. The Morgan fingerprint density at radius 3 is 1.87 bits per heavy atom. The fraction of sp³-hybridized carbons (Fsp3) is 0.250. The SMILES string of the molecule is COc1ccc(-c2ccc(OS(C)(=O)=O)cc2)c(OC)c1OC. The van der Waals surface area contributed by atoms with Gasteiger partial charge in [-0.15, -0.1) is 0 Å². The highest BCUT2D eigenvalue weighted by atomic mass is 32.2. The summed E-state index contributed by atoms with van der Waals surface area (Å²) in [5.74, 6) is 1.83. The minimum Gasteiger partial charge on any atom is -0.493 e. The molecule has 6 nitrogen and oxygen atoms in total. The van der Waals surface area contributed by atoms with E-state index in [1.165, 1.54) is 7.11 Å². The van der Waals surface area contributed by atoms with Crippen molar-refractivity contribution in [1.29, 1.82) is 0 Å². The Morgan fingerprint density at radius 1 is 0.783 bits per heavy atom. The number of rotatable bonds is 6. The molecule has 124 valence electrons. The van der Waals surface area contributed by atoms with E-state index in [0.717, 1.165) is 17.4 Å². The highest BCUT2D eigenvalue weighted by Gasteiger charge is 2.17. The predicted octanol–water partition coefficient (Wildman–Crippen LogP) is 2.72. The molecule has 7 heteroatoms. The van der Waals surface area contributed by atoms with Gasteiger partial charge in [-0.1, -0.05) is 12.1 Å². The molecule has 0 aliphatic heterocycles. The average Bonchev–Trinajstić information content (AvgIpc) is 2.52. The number of methoxy groups -OCH3 is 3. The maximum Gasteiger partial charge on any atom is 0.306 e. The van der Waals surface area contributed by atoms with Crippen LogP contribution in [0.15, 0.2) is 36.4 Å². The summed E-state index contributed by atoms with van der Waals surface area (Å²) in [6.45, 7) is 0. The van der Waals surface area contributed by atoms with E-state index in [2.05, 4.69) is 0 Å². The zero-order chi connectivity index (χ0) is 17.0. The monoisotopic (exact) mass is 338 g/mol. The van der Waals surface area contributed by atoms with Crippen molar-refractivity contribution in [2.24, 2.45) is 0 Å². The Labute approximate surface area is 135 Å². The van der Waals surface area contributed by atoms with E-state index in [0.29, 0.717) is 17.2 Å². The summed E-state index contributed by atoms with van der Waals surface area (Å²) >= 11 is 0. The second-order valence-electron chi connectivity index (χ2n) is 4.69. The molecule has 0 atom stereocenters. The topological polar surface area (TPSA) is 71.1 Å². The van der Waals surface area contributed by atoms with Crippen LogP contribution in [-0.2, 0) is 10.1 Å². The normalized spacial score (nSPS) is 11.0. The number of hydrogen-bond donors (Lipinski definition) is 0. The Bertz CT molecular complexity index is 781. The molecule has 0 N–H and O–H groups in total. The third-order valence-corrected chi connectivity index (χ3v) is 3.61. The van der Waals surface area contributed by atoms with Gasteiger partial charge in [0.1, 0.15) is 5.75 Å². The molecule has 0 bridgehead atoms. The Hall–Kier alpha value is -2.41. The molecule has 0 radical (unpaired) electrons. The van der Waals surface area contributed by atoms with E-state index in [-0.39, 0.29) is 5.75 Å². The molecule has 0 heterocycles. The molecule has 0 amide bonds. The lowest BCUT2D eigenvalue weighted by molar-refractivity contribution is 0.325. The molecule has 0 spiro atoms. The lowest BCUT2D eigenvalue weighted by atomic mass is 10.0. The van der Waals surface area contributed by atoms with Crippen LogP contribution in [0.1, 0.15) is 0 Å². The van der Waals surface area contributed by atoms with Crippen LogP contribution >= 0.6 is 0 Å². The molecule has 0 unspecified atom stereocenters. The standard InChI is InChI=1S/C16H18O6S/c1-19-14-10-9-13(15(20-2)16(14)21-3)11-5-7-12(8-6-11)22-23(4,17)18/h5-10H,1-4H3. The number of benzene rings is 2. The summed E-state index contributed by atoms with van der Waals surface area (Å²) in [5.41, 5.74) is 1.61. The summed E-state index contributed by atoms with van der Waals surface area (Å²) in [5, 5.41) is 0. The van der Waals surface area contributed by atoms with Crippen LogP contribution in [0.4, 0.5) is 0 Å². The first-order valence-corrected chi connectivity index (χ1v) is 8.50. The molecular weight excluding hydrogens is 320 g/mol. The molecule has 2 aromatic rings. The van der Waals surface area contributed by atoms with Gasteiger partial charge in [-0.25, -0.2) is 0 Å². The minimum absolute atomic E-state index is 0.246. The van der Waals surface area contributed by atoms with Crippen molar-refractivity contribution in [1.82, 2.24) is 0 Å². The van der Waals surface area contributed by atoms with Gasteiger partial charge in [0, 0.05) is 5.56 Å². The minimum atomic E-state index is -3.55. The molecule has 2 rings (SSSR count). The number of hydrogen-bond acceptors (Lipinski definition) is 6. The smallest absolute Gasteiger partial charge is 0.306 e. The summed E-state index contributed by atoms with van der Waals surface area (Å²) in [6.07, 6.45) is 0.998. The zero-order valence-corrected chi connectivity index (χ0v) is 14.1. The lowest BCUT2D eigenvalue weighted by Gasteiger charge is -2.16. The van der Waals surface area contributed by atoms with Crippen molar-refractivity contribution < 1.29 is 26.8 Å². The quantitative estimate of drug-likeness (QED) is 0.754. The summed E-state index contributed by atoms with van der Waals surface area (Å²) in [7, 11) is 1.08. The van der Waals surface area contributed by atoms with Crippen molar-refractivity contribution >= 4 is 10.1 Å². The summed E-state index contributed by atoms with van der Waals surface area (Å²) < 4.78 is 43.2. The third kappa shape index (κ3) is 3.87. The van der Waals surface area contributed by atoms with Gasteiger partial charge in [0.2, 0.25) is 5.75 Å². The molecule has 2 aromatic carbocycles. The largest absolute Gasteiger partial charge is 0.493 e. The lowest BCUT2D eigenvalue weighted by Crippen LogP contribution is -2.05. The van der Waals surface area contributed by atoms with Gasteiger partial charge in [-0.2, -0.15) is 8.42 Å². The van der Waals surface area contributed by atoms with Crippen molar-refractivity contribution in [3.05, 3.63) is 36.4 Å². The van der Waals surface area contributed by atoms with E-state index in [4.69, 9.17) is 18.4 Å². The van der Waals surface area contributed by atoms with Gasteiger partial charge in [-0.05, 0) is 29.8 Å². The van der Waals surface area contributed by atoms with E-state index >= 15 is 0 Å². The molecule has 23 heavy (non-hydrogen) atoms. The first kappa shape index (κ1) is 17.0. The Morgan fingerprint density at radius 2 is 1.39 bits per heavy atom. The Balaban J connectivity index is 2.46. The van der Waals surface area contributed by atoms with Gasteiger partial charge >= 0.3 is 10.1 Å². The fourth-order valence-electron chi connectivity index (χ4n) is 2.19. The van der Waals surface area contributed by atoms with Crippen molar-refractivity contribution in [3.8, 4) is 34.1 Å². The second-order valence-corrected chi connectivity index (χ2v) is 6.27. The van der Waals surface area contributed by atoms with E-state index in [1.807, 2.05) is 6.07 Å². The van der Waals surface area contributed by atoms with Gasteiger partial charge in [0.25, 0.3) is 0 Å². The van der Waals surface area contributed by atoms with Crippen molar-refractivity contribution in [3.63, 3.8) is 0 Å². The van der Waals surface area contributed by atoms with Crippen LogP contribution in [0.2, 0.25) is 0 Å². The van der Waals surface area contributed by atoms with Gasteiger partial charge in [-0.3, -0.25) is 0 Å². The highest BCUT2D eigenvalue weighted by molar-refractivity contribution is 7.86. The second kappa shape index (κ2) is 6.78. The van der Waals surface area contributed by atoms with Gasteiger partial charge < -0.3 is 18.4 Å². The molecule has 0 fully saturated rings.